The fraction of sp³-hybridized carbons (Fsp3) is 0.375. The number of hydrogen-bond donors (Lipinski definition) is 0. The van der Waals surface area contributed by atoms with Crippen LogP contribution in [-0.4, -0.2) is 23.9 Å². The molecule has 0 N–H and O–H groups in total. The molecule has 0 heterocycles. The van der Waals surface area contributed by atoms with Gasteiger partial charge in [0.05, 0.1) is 0 Å². The van der Waals surface area contributed by atoms with Crippen LogP contribution in [0.15, 0.2) is 25.3 Å². The van der Waals surface area contributed by atoms with Crippen LogP contribution < -0.4 is 0 Å². The Bertz CT molecular complexity index is 140. The SMILES string of the molecule is C=CCN(CC)C(=O)C=C. The average molecular weight is 139 g/mol. The molecule has 0 saturated carbocycles. The zero-order valence-corrected chi connectivity index (χ0v) is 6.34. The summed E-state index contributed by atoms with van der Waals surface area (Å²) in [4.78, 5) is 12.5. The molecule has 0 aliphatic carbocycles. The van der Waals surface area contributed by atoms with Gasteiger partial charge in [0.15, 0.2) is 0 Å². The van der Waals surface area contributed by atoms with Gasteiger partial charge >= 0.3 is 0 Å². The first-order chi connectivity index (χ1) is 4.76. The molecule has 2 heteroatoms. The van der Waals surface area contributed by atoms with Gasteiger partial charge in [0.25, 0.3) is 0 Å². The van der Waals surface area contributed by atoms with Crippen LogP contribution in [0.3, 0.4) is 0 Å². The maximum Gasteiger partial charge on any atom is 0.246 e. The third-order valence-corrected chi connectivity index (χ3v) is 1.22. The minimum Gasteiger partial charge on any atom is -0.336 e. The van der Waals surface area contributed by atoms with E-state index in [9.17, 15) is 4.79 Å². The molecule has 0 rings (SSSR count). The highest BCUT2D eigenvalue weighted by atomic mass is 16.2. The van der Waals surface area contributed by atoms with Gasteiger partial charge in [-0.05, 0) is 13.0 Å². The van der Waals surface area contributed by atoms with Crippen LogP contribution in [-0.2, 0) is 4.79 Å². The zero-order valence-electron chi connectivity index (χ0n) is 6.34. The Morgan fingerprint density at radius 1 is 1.60 bits per heavy atom. The molecule has 0 unspecified atom stereocenters. The predicted molar refractivity (Wildman–Crippen MR) is 42.6 cm³/mol. The van der Waals surface area contributed by atoms with Crippen molar-refractivity contribution in [1.82, 2.24) is 4.90 Å². The van der Waals surface area contributed by atoms with E-state index in [1.54, 1.807) is 11.0 Å². The standard InChI is InChI=1S/C8H13NO/c1-4-7-9(6-3)8(10)5-2/h4-5H,1-2,6-7H2,3H3. The number of hydrogen-bond acceptors (Lipinski definition) is 1. The minimum atomic E-state index is -0.0394. The van der Waals surface area contributed by atoms with Gasteiger partial charge in [-0.2, -0.15) is 0 Å². The topological polar surface area (TPSA) is 20.3 Å². The summed E-state index contributed by atoms with van der Waals surface area (Å²) in [5.74, 6) is -0.0394. The van der Waals surface area contributed by atoms with Gasteiger partial charge in [-0.3, -0.25) is 4.79 Å². The number of nitrogens with zero attached hydrogens (tertiary/aromatic N) is 1. The number of carbonyl (C=O) groups is 1. The lowest BCUT2D eigenvalue weighted by atomic mass is 10.4. The van der Waals surface area contributed by atoms with Crippen LogP contribution in [0, 0.1) is 0 Å². The molecule has 2 nitrogen and oxygen atoms in total. The third kappa shape index (κ3) is 2.49. The Morgan fingerprint density at radius 2 is 2.20 bits per heavy atom. The van der Waals surface area contributed by atoms with E-state index in [1.165, 1.54) is 6.08 Å². The molecule has 0 bridgehead atoms. The van der Waals surface area contributed by atoms with Crippen molar-refractivity contribution in [3.8, 4) is 0 Å². The van der Waals surface area contributed by atoms with Crippen molar-refractivity contribution in [2.75, 3.05) is 13.1 Å². The van der Waals surface area contributed by atoms with Crippen LogP contribution in [0.2, 0.25) is 0 Å². The second kappa shape index (κ2) is 4.79. The highest BCUT2D eigenvalue weighted by Crippen LogP contribution is 1.89. The zero-order chi connectivity index (χ0) is 7.98. The molecule has 0 aromatic rings. The summed E-state index contributed by atoms with van der Waals surface area (Å²) >= 11 is 0. The van der Waals surface area contributed by atoms with E-state index in [-0.39, 0.29) is 5.91 Å². The molecule has 0 fully saturated rings. The molecule has 0 aliphatic heterocycles. The van der Waals surface area contributed by atoms with Crippen molar-refractivity contribution in [2.45, 2.75) is 6.92 Å². The Hall–Kier alpha value is -1.05. The maximum atomic E-state index is 10.9. The minimum absolute atomic E-state index is 0.0394. The number of rotatable bonds is 4. The van der Waals surface area contributed by atoms with E-state index in [0.717, 1.165) is 0 Å². The first-order valence-electron chi connectivity index (χ1n) is 3.28. The molecule has 0 aromatic carbocycles. The maximum absolute atomic E-state index is 10.9. The van der Waals surface area contributed by atoms with Crippen molar-refractivity contribution in [1.29, 1.82) is 0 Å². The molecule has 0 aliphatic rings. The van der Waals surface area contributed by atoms with Crippen molar-refractivity contribution in [2.24, 2.45) is 0 Å². The molecule has 56 valence electrons. The van der Waals surface area contributed by atoms with Gasteiger partial charge in [0.1, 0.15) is 0 Å². The van der Waals surface area contributed by atoms with Gasteiger partial charge in [0.2, 0.25) is 5.91 Å². The van der Waals surface area contributed by atoms with E-state index >= 15 is 0 Å². The van der Waals surface area contributed by atoms with Gasteiger partial charge in [0, 0.05) is 13.1 Å². The second-order valence-corrected chi connectivity index (χ2v) is 1.87. The normalized spacial score (nSPS) is 8.50. The van der Waals surface area contributed by atoms with Gasteiger partial charge in [-0.1, -0.05) is 12.7 Å². The largest absolute Gasteiger partial charge is 0.336 e. The molecule has 10 heavy (non-hydrogen) atoms. The van der Waals surface area contributed by atoms with Crippen LogP contribution in [0.1, 0.15) is 6.92 Å². The molecular formula is C8H13NO. The van der Waals surface area contributed by atoms with Crippen LogP contribution >= 0.6 is 0 Å². The summed E-state index contributed by atoms with van der Waals surface area (Å²) in [5.41, 5.74) is 0. The summed E-state index contributed by atoms with van der Waals surface area (Å²) in [7, 11) is 0. The fourth-order valence-electron chi connectivity index (χ4n) is 0.660. The van der Waals surface area contributed by atoms with Gasteiger partial charge in [-0.15, -0.1) is 6.58 Å². The summed E-state index contributed by atoms with van der Waals surface area (Å²) in [6, 6.07) is 0. The van der Waals surface area contributed by atoms with E-state index in [2.05, 4.69) is 13.2 Å². The lowest BCUT2D eigenvalue weighted by Gasteiger charge is -2.15. The van der Waals surface area contributed by atoms with Crippen molar-refractivity contribution in [3.05, 3.63) is 25.3 Å². The number of carbonyl (C=O) groups excluding carboxylic acids is 1. The Kier molecular flexibility index (Phi) is 4.29. The Labute approximate surface area is 61.8 Å². The summed E-state index contributed by atoms with van der Waals surface area (Å²) in [5, 5.41) is 0. The highest BCUT2D eigenvalue weighted by Gasteiger charge is 2.02. The quantitative estimate of drug-likeness (QED) is 0.423. The predicted octanol–water partition coefficient (Wildman–Crippen LogP) is 1.21. The number of likely N-dealkylation sites (N-methyl/N-ethyl adjacent to an activating group) is 1. The summed E-state index contributed by atoms with van der Waals surface area (Å²) in [6.07, 6.45) is 3.01. The Balaban J connectivity index is 3.91. The molecule has 0 aromatic heterocycles. The van der Waals surface area contributed by atoms with Gasteiger partial charge < -0.3 is 4.90 Å². The third-order valence-electron chi connectivity index (χ3n) is 1.22. The lowest BCUT2D eigenvalue weighted by molar-refractivity contribution is -0.125. The monoisotopic (exact) mass is 139 g/mol. The summed E-state index contributed by atoms with van der Waals surface area (Å²) in [6.45, 7) is 10.1. The van der Waals surface area contributed by atoms with Crippen LogP contribution in [0.4, 0.5) is 0 Å². The molecule has 1 amide bonds. The van der Waals surface area contributed by atoms with Crippen LogP contribution in [0.5, 0.6) is 0 Å². The fourth-order valence-corrected chi connectivity index (χ4v) is 0.660. The smallest absolute Gasteiger partial charge is 0.246 e. The van der Waals surface area contributed by atoms with E-state index in [0.29, 0.717) is 13.1 Å². The second-order valence-electron chi connectivity index (χ2n) is 1.87. The first-order valence-corrected chi connectivity index (χ1v) is 3.28. The van der Waals surface area contributed by atoms with Crippen molar-refractivity contribution >= 4 is 5.91 Å². The summed E-state index contributed by atoms with van der Waals surface area (Å²) < 4.78 is 0. The molecule has 0 atom stereocenters. The van der Waals surface area contributed by atoms with Crippen LogP contribution in [0.25, 0.3) is 0 Å². The Morgan fingerprint density at radius 3 is 2.50 bits per heavy atom. The molecule has 0 saturated heterocycles. The molecular weight excluding hydrogens is 126 g/mol. The van der Waals surface area contributed by atoms with Gasteiger partial charge in [-0.25, -0.2) is 0 Å². The van der Waals surface area contributed by atoms with Crippen molar-refractivity contribution < 1.29 is 4.79 Å². The first kappa shape index (κ1) is 8.95. The number of amides is 1. The van der Waals surface area contributed by atoms with E-state index in [4.69, 9.17) is 0 Å². The van der Waals surface area contributed by atoms with E-state index in [1.807, 2.05) is 6.92 Å². The average Bonchev–Trinajstić information content (AvgIpc) is 1.99. The van der Waals surface area contributed by atoms with E-state index < -0.39 is 0 Å². The molecule has 0 radical (unpaired) electrons. The lowest BCUT2D eigenvalue weighted by Crippen LogP contribution is -2.28. The molecule has 0 spiro atoms. The van der Waals surface area contributed by atoms with Crippen molar-refractivity contribution in [3.63, 3.8) is 0 Å². The highest BCUT2D eigenvalue weighted by molar-refractivity contribution is 5.87.